The molecule has 0 radical (unpaired) electrons. The molecule has 0 bridgehead atoms. The van der Waals surface area contributed by atoms with Crippen LogP contribution in [0.25, 0.3) is 5.57 Å². The van der Waals surface area contributed by atoms with E-state index in [-0.39, 0.29) is 5.41 Å². The Hall–Kier alpha value is -1.08. The molecule has 1 aromatic carbocycles. The van der Waals surface area contributed by atoms with Crippen molar-refractivity contribution in [3.8, 4) is 0 Å². The van der Waals surface area contributed by atoms with Gasteiger partial charge in [0.1, 0.15) is 0 Å². The number of aliphatic hydroxyl groups excluding tert-OH is 1. The Morgan fingerprint density at radius 1 is 1.20 bits per heavy atom. The fourth-order valence-corrected chi connectivity index (χ4v) is 1.54. The SMILES string of the molecule is CC(O)/C(=C/C(C)(C)C)c1ccccc1. The summed E-state index contributed by atoms with van der Waals surface area (Å²) in [5, 5.41) is 9.76. The maximum atomic E-state index is 9.76. The monoisotopic (exact) mass is 204 g/mol. The molecule has 0 heterocycles. The maximum absolute atomic E-state index is 9.76. The molecule has 1 N–H and O–H groups in total. The molecule has 1 nitrogen and oxygen atoms in total. The minimum absolute atomic E-state index is 0.0855. The van der Waals surface area contributed by atoms with Gasteiger partial charge in [-0.15, -0.1) is 0 Å². The van der Waals surface area contributed by atoms with Crippen LogP contribution in [0, 0.1) is 5.41 Å². The molecular weight excluding hydrogens is 184 g/mol. The van der Waals surface area contributed by atoms with Crippen LogP contribution < -0.4 is 0 Å². The first kappa shape index (κ1) is 12.0. The van der Waals surface area contributed by atoms with Crippen molar-refractivity contribution in [3.63, 3.8) is 0 Å². The van der Waals surface area contributed by atoms with E-state index in [4.69, 9.17) is 0 Å². The van der Waals surface area contributed by atoms with Crippen LogP contribution in [-0.2, 0) is 0 Å². The van der Waals surface area contributed by atoms with E-state index in [0.717, 1.165) is 11.1 Å². The predicted octanol–water partition coefficient (Wildman–Crippen LogP) is 3.50. The standard InChI is InChI=1S/C14H20O/c1-11(15)13(10-14(2,3)4)12-8-6-5-7-9-12/h5-11,15H,1-4H3/b13-10-. The van der Waals surface area contributed by atoms with Crippen LogP contribution in [0.3, 0.4) is 0 Å². The summed E-state index contributed by atoms with van der Waals surface area (Å²) in [6.07, 6.45) is 1.71. The molecule has 82 valence electrons. The van der Waals surface area contributed by atoms with Crippen molar-refractivity contribution in [3.05, 3.63) is 42.0 Å². The summed E-state index contributed by atoms with van der Waals surface area (Å²) in [5.41, 5.74) is 2.19. The van der Waals surface area contributed by atoms with Crippen LogP contribution in [0.1, 0.15) is 33.3 Å². The summed E-state index contributed by atoms with van der Waals surface area (Å²) in [7, 11) is 0. The highest BCUT2D eigenvalue weighted by atomic mass is 16.3. The Morgan fingerprint density at radius 3 is 2.13 bits per heavy atom. The molecular formula is C14H20O. The van der Waals surface area contributed by atoms with Crippen molar-refractivity contribution in [1.82, 2.24) is 0 Å². The van der Waals surface area contributed by atoms with Crippen molar-refractivity contribution in [2.45, 2.75) is 33.8 Å². The highest BCUT2D eigenvalue weighted by Gasteiger charge is 2.13. The van der Waals surface area contributed by atoms with Gasteiger partial charge < -0.3 is 5.11 Å². The molecule has 0 spiro atoms. The van der Waals surface area contributed by atoms with E-state index >= 15 is 0 Å². The van der Waals surface area contributed by atoms with E-state index in [0.29, 0.717) is 0 Å². The van der Waals surface area contributed by atoms with Gasteiger partial charge in [0, 0.05) is 0 Å². The minimum Gasteiger partial charge on any atom is -0.389 e. The molecule has 0 amide bonds. The van der Waals surface area contributed by atoms with E-state index in [1.54, 1.807) is 0 Å². The molecule has 0 aliphatic carbocycles. The summed E-state index contributed by atoms with van der Waals surface area (Å²) in [4.78, 5) is 0. The lowest BCUT2D eigenvalue weighted by molar-refractivity contribution is 0.252. The Balaban J connectivity index is 3.10. The van der Waals surface area contributed by atoms with E-state index in [9.17, 15) is 5.11 Å². The number of benzene rings is 1. The molecule has 0 aliphatic heterocycles. The quantitative estimate of drug-likeness (QED) is 0.781. The molecule has 0 fully saturated rings. The number of aliphatic hydroxyl groups is 1. The van der Waals surface area contributed by atoms with Crippen molar-refractivity contribution < 1.29 is 5.11 Å². The van der Waals surface area contributed by atoms with Crippen molar-refractivity contribution in [2.75, 3.05) is 0 Å². The Labute approximate surface area is 92.5 Å². The van der Waals surface area contributed by atoms with E-state index in [1.807, 2.05) is 37.3 Å². The van der Waals surface area contributed by atoms with Crippen LogP contribution in [-0.4, -0.2) is 11.2 Å². The fraction of sp³-hybridized carbons (Fsp3) is 0.429. The first-order chi connectivity index (χ1) is 6.90. The van der Waals surface area contributed by atoms with Crippen LogP contribution >= 0.6 is 0 Å². The summed E-state index contributed by atoms with van der Waals surface area (Å²) in [5.74, 6) is 0. The third kappa shape index (κ3) is 3.88. The zero-order valence-electron chi connectivity index (χ0n) is 9.99. The molecule has 1 heteroatoms. The van der Waals surface area contributed by atoms with Gasteiger partial charge in [0.05, 0.1) is 6.10 Å². The van der Waals surface area contributed by atoms with Crippen molar-refractivity contribution in [2.24, 2.45) is 5.41 Å². The third-order valence-electron chi connectivity index (χ3n) is 2.15. The Morgan fingerprint density at radius 2 is 1.73 bits per heavy atom. The zero-order valence-corrected chi connectivity index (χ0v) is 9.99. The lowest BCUT2D eigenvalue weighted by atomic mass is 9.89. The van der Waals surface area contributed by atoms with Crippen molar-refractivity contribution in [1.29, 1.82) is 0 Å². The fourth-order valence-electron chi connectivity index (χ4n) is 1.54. The first-order valence-corrected chi connectivity index (χ1v) is 5.36. The van der Waals surface area contributed by atoms with Gasteiger partial charge in [-0.25, -0.2) is 0 Å². The number of allylic oxidation sites excluding steroid dienone is 1. The summed E-state index contributed by atoms with van der Waals surface area (Å²) < 4.78 is 0. The first-order valence-electron chi connectivity index (χ1n) is 5.36. The van der Waals surface area contributed by atoms with Crippen LogP contribution in [0.4, 0.5) is 0 Å². The molecule has 0 aliphatic rings. The van der Waals surface area contributed by atoms with Gasteiger partial charge in [-0.05, 0) is 23.5 Å². The van der Waals surface area contributed by atoms with E-state index in [2.05, 4.69) is 26.8 Å². The number of hydrogen-bond donors (Lipinski definition) is 1. The van der Waals surface area contributed by atoms with Gasteiger partial charge in [0.25, 0.3) is 0 Å². The maximum Gasteiger partial charge on any atom is 0.0764 e. The average Bonchev–Trinajstić information content (AvgIpc) is 2.14. The number of rotatable bonds is 2. The molecule has 0 aromatic heterocycles. The summed E-state index contributed by atoms with van der Waals surface area (Å²) >= 11 is 0. The second-order valence-corrected chi connectivity index (χ2v) is 5.01. The van der Waals surface area contributed by atoms with Gasteiger partial charge in [-0.1, -0.05) is 57.2 Å². The van der Waals surface area contributed by atoms with Crippen LogP contribution in [0.5, 0.6) is 0 Å². The highest BCUT2D eigenvalue weighted by Crippen LogP contribution is 2.25. The lowest BCUT2D eigenvalue weighted by Crippen LogP contribution is -2.09. The molecule has 0 saturated heterocycles. The predicted molar refractivity (Wildman–Crippen MR) is 65.6 cm³/mol. The molecule has 1 atom stereocenters. The van der Waals surface area contributed by atoms with Gasteiger partial charge in [0.2, 0.25) is 0 Å². The zero-order chi connectivity index (χ0) is 11.5. The summed E-state index contributed by atoms with van der Waals surface area (Å²) in [6, 6.07) is 10.0. The number of hydrogen-bond acceptors (Lipinski definition) is 1. The van der Waals surface area contributed by atoms with Gasteiger partial charge >= 0.3 is 0 Å². The topological polar surface area (TPSA) is 20.2 Å². The molecule has 1 aromatic rings. The second-order valence-electron chi connectivity index (χ2n) is 5.01. The van der Waals surface area contributed by atoms with Crippen molar-refractivity contribution >= 4 is 5.57 Å². The molecule has 0 saturated carbocycles. The smallest absolute Gasteiger partial charge is 0.0764 e. The van der Waals surface area contributed by atoms with E-state index < -0.39 is 6.10 Å². The third-order valence-corrected chi connectivity index (χ3v) is 2.15. The van der Waals surface area contributed by atoms with Gasteiger partial charge in [-0.3, -0.25) is 0 Å². The van der Waals surface area contributed by atoms with Crippen LogP contribution in [0.2, 0.25) is 0 Å². The van der Waals surface area contributed by atoms with E-state index in [1.165, 1.54) is 0 Å². The lowest BCUT2D eigenvalue weighted by Gasteiger charge is -2.18. The molecule has 15 heavy (non-hydrogen) atoms. The summed E-state index contributed by atoms with van der Waals surface area (Å²) in [6.45, 7) is 8.22. The van der Waals surface area contributed by atoms with Crippen LogP contribution in [0.15, 0.2) is 36.4 Å². The van der Waals surface area contributed by atoms with Gasteiger partial charge in [-0.2, -0.15) is 0 Å². The largest absolute Gasteiger partial charge is 0.389 e. The minimum atomic E-state index is -0.424. The molecule has 1 unspecified atom stereocenters. The highest BCUT2D eigenvalue weighted by molar-refractivity contribution is 5.68. The Bertz CT molecular complexity index is 328. The Kier molecular flexibility index (Phi) is 3.70. The second kappa shape index (κ2) is 4.63. The average molecular weight is 204 g/mol. The van der Waals surface area contributed by atoms with Gasteiger partial charge in [0.15, 0.2) is 0 Å². The normalized spacial score (nSPS) is 15.1. The molecule has 1 rings (SSSR count).